The zero-order valence-electron chi connectivity index (χ0n) is 14.2. The molecule has 1 saturated heterocycles. The fourth-order valence-corrected chi connectivity index (χ4v) is 3.42. The Morgan fingerprint density at radius 3 is 2.92 bits per heavy atom. The second-order valence-corrected chi connectivity index (χ2v) is 6.53. The van der Waals surface area contributed by atoms with Crippen molar-refractivity contribution in [2.24, 2.45) is 7.05 Å². The van der Waals surface area contributed by atoms with Crippen LogP contribution in [0.4, 0.5) is 0 Å². The summed E-state index contributed by atoms with van der Waals surface area (Å²) in [5.41, 5.74) is 2.95. The first kappa shape index (κ1) is 16.6. The van der Waals surface area contributed by atoms with Crippen LogP contribution in [0.2, 0.25) is 0 Å². The SMILES string of the molecule is Cc1ccc(CN2CCCC(c3nnc(CO)n3C)C2)cc1C#N. The molecule has 1 atom stereocenters. The van der Waals surface area contributed by atoms with Gasteiger partial charge in [-0.15, -0.1) is 10.2 Å². The number of hydrogen-bond acceptors (Lipinski definition) is 5. The number of rotatable bonds is 4. The normalized spacial score (nSPS) is 18.5. The van der Waals surface area contributed by atoms with Crippen LogP contribution in [0.15, 0.2) is 18.2 Å². The Bertz CT molecular complexity index is 761. The lowest BCUT2D eigenvalue weighted by atomic mass is 9.96. The molecule has 0 radical (unpaired) electrons. The molecule has 1 aromatic carbocycles. The van der Waals surface area contributed by atoms with Crippen molar-refractivity contribution in [3.8, 4) is 6.07 Å². The highest BCUT2D eigenvalue weighted by Crippen LogP contribution is 2.27. The van der Waals surface area contributed by atoms with E-state index in [0.717, 1.165) is 49.4 Å². The van der Waals surface area contributed by atoms with E-state index in [4.69, 9.17) is 0 Å². The predicted molar refractivity (Wildman–Crippen MR) is 90.1 cm³/mol. The van der Waals surface area contributed by atoms with Gasteiger partial charge in [0, 0.05) is 26.1 Å². The number of likely N-dealkylation sites (tertiary alicyclic amines) is 1. The largest absolute Gasteiger partial charge is 0.388 e. The van der Waals surface area contributed by atoms with Crippen molar-refractivity contribution in [3.05, 3.63) is 46.5 Å². The maximum Gasteiger partial charge on any atom is 0.158 e. The van der Waals surface area contributed by atoms with E-state index in [1.54, 1.807) is 0 Å². The van der Waals surface area contributed by atoms with E-state index in [1.807, 2.05) is 30.7 Å². The molecular formula is C18H23N5O. The average molecular weight is 325 g/mol. The van der Waals surface area contributed by atoms with Gasteiger partial charge in [-0.25, -0.2) is 0 Å². The van der Waals surface area contributed by atoms with Crippen LogP contribution in [0.25, 0.3) is 0 Å². The standard InChI is InChI=1S/C18H23N5O/c1-13-5-6-14(8-16(13)9-19)10-23-7-3-4-15(11-23)18-21-20-17(12-24)22(18)2/h5-6,8,15,24H,3-4,7,10-12H2,1-2H3. The lowest BCUT2D eigenvalue weighted by Gasteiger charge is -2.32. The van der Waals surface area contributed by atoms with E-state index in [9.17, 15) is 10.4 Å². The Morgan fingerprint density at radius 2 is 2.21 bits per heavy atom. The highest BCUT2D eigenvalue weighted by molar-refractivity contribution is 5.39. The van der Waals surface area contributed by atoms with Crippen LogP contribution >= 0.6 is 0 Å². The molecule has 3 rings (SSSR count). The molecular weight excluding hydrogens is 302 g/mol. The highest BCUT2D eigenvalue weighted by Gasteiger charge is 2.25. The summed E-state index contributed by atoms with van der Waals surface area (Å²) in [5, 5.41) is 26.8. The molecule has 24 heavy (non-hydrogen) atoms. The summed E-state index contributed by atoms with van der Waals surface area (Å²) in [7, 11) is 1.92. The first-order chi connectivity index (χ1) is 11.6. The molecule has 2 aromatic rings. The number of aromatic nitrogens is 3. The molecule has 1 fully saturated rings. The number of hydrogen-bond donors (Lipinski definition) is 1. The van der Waals surface area contributed by atoms with E-state index in [2.05, 4.69) is 27.2 Å². The van der Waals surface area contributed by atoms with E-state index >= 15 is 0 Å². The molecule has 2 heterocycles. The lowest BCUT2D eigenvalue weighted by molar-refractivity contribution is 0.194. The summed E-state index contributed by atoms with van der Waals surface area (Å²) in [5.74, 6) is 1.89. The Morgan fingerprint density at radius 1 is 1.38 bits per heavy atom. The number of piperidine rings is 1. The predicted octanol–water partition coefficient (Wildman–Crippen LogP) is 1.87. The minimum absolute atomic E-state index is 0.0831. The molecule has 0 saturated carbocycles. The smallest absolute Gasteiger partial charge is 0.158 e. The lowest BCUT2D eigenvalue weighted by Crippen LogP contribution is -2.34. The van der Waals surface area contributed by atoms with Gasteiger partial charge in [0.05, 0.1) is 11.6 Å². The van der Waals surface area contributed by atoms with E-state index < -0.39 is 0 Å². The molecule has 0 amide bonds. The van der Waals surface area contributed by atoms with Gasteiger partial charge in [-0.1, -0.05) is 12.1 Å². The second kappa shape index (κ2) is 7.12. The van der Waals surface area contributed by atoms with Crippen LogP contribution in [-0.4, -0.2) is 37.9 Å². The van der Waals surface area contributed by atoms with Crippen molar-refractivity contribution in [2.45, 2.75) is 38.8 Å². The highest BCUT2D eigenvalue weighted by atomic mass is 16.3. The van der Waals surface area contributed by atoms with Crippen molar-refractivity contribution in [2.75, 3.05) is 13.1 Å². The van der Waals surface area contributed by atoms with Gasteiger partial charge in [0.25, 0.3) is 0 Å². The van der Waals surface area contributed by atoms with Gasteiger partial charge < -0.3 is 9.67 Å². The summed E-state index contributed by atoms with van der Waals surface area (Å²) in [6, 6.07) is 8.37. The molecule has 0 aliphatic carbocycles. The number of aliphatic hydroxyl groups is 1. The summed E-state index contributed by atoms with van der Waals surface area (Å²) < 4.78 is 1.91. The van der Waals surface area contributed by atoms with Gasteiger partial charge >= 0.3 is 0 Å². The van der Waals surface area contributed by atoms with Crippen molar-refractivity contribution in [1.82, 2.24) is 19.7 Å². The van der Waals surface area contributed by atoms with Crippen molar-refractivity contribution in [3.63, 3.8) is 0 Å². The number of nitriles is 1. The summed E-state index contributed by atoms with van der Waals surface area (Å²) >= 11 is 0. The molecule has 6 nitrogen and oxygen atoms in total. The monoisotopic (exact) mass is 325 g/mol. The molecule has 0 bridgehead atoms. The summed E-state index contributed by atoms with van der Waals surface area (Å²) in [4.78, 5) is 2.41. The maximum atomic E-state index is 9.29. The van der Waals surface area contributed by atoms with Gasteiger partial charge in [0.1, 0.15) is 12.4 Å². The Labute approximate surface area is 142 Å². The molecule has 1 aliphatic heterocycles. The van der Waals surface area contributed by atoms with E-state index in [-0.39, 0.29) is 6.61 Å². The van der Waals surface area contributed by atoms with E-state index in [1.165, 1.54) is 5.56 Å². The fraction of sp³-hybridized carbons (Fsp3) is 0.500. The Hall–Kier alpha value is -2.23. The van der Waals surface area contributed by atoms with Crippen LogP contribution in [0.5, 0.6) is 0 Å². The van der Waals surface area contributed by atoms with Crippen molar-refractivity contribution < 1.29 is 5.11 Å². The fourth-order valence-electron chi connectivity index (χ4n) is 3.42. The third-order valence-electron chi connectivity index (χ3n) is 4.84. The molecule has 0 spiro atoms. The maximum absolute atomic E-state index is 9.29. The van der Waals surface area contributed by atoms with E-state index in [0.29, 0.717) is 11.7 Å². The third-order valence-corrected chi connectivity index (χ3v) is 4.84. The van der Waals surface area contributed by atoms with Crippen molar-refractivity contribution >= 4 is 0 Å². The van der Waals surface area contributed by atoms with Gasteiger partial charge in [-0.05, 0) is 43.5 Å². The molecule has 1 aliphatic rings. The first-order valence-corrected chi connectivity index (χ1v) is 8.33. The molecule has 1 aromatic heterocycles. The number of nitrogens with zero attached hydrogens (tertiary/aromatic N) is 5. The molecule has 1 N–H and O–H groups in total. The van der Waals surface area contributed by atoms with Crippen LogP contribution in [0, 0.1) is 18.3 Å². The topological polar surface area (TPSA) is 78.0 Å². The number of aliphatic hydroxyl groups excluding tert-OH is 1. The van der Waals surface area contributed by atoms with Gasteiger partial charge in [-0.3, -0.25) is 4.90 Å². The molecule has 1 unspecified atom stereocenters. The van der Waals surface area contributed by atoms with Crippen LogP contribution < -0.4 is 0 Å². The minimum atomic E-state index is -0.0831. The van der Waals surface area contributed by atoms with Crippen molar-refractivity contribution in [1.29, 1.82) is 5.26 Å². The summed E-state index contributed by atoms with van der Waals surface area (Å²) in [6.07, 6.45) is 2.20. The van der Waals surface area contributed by atoms with Gasteiger partial charge in [0.15, 0.2) is 5.82 Å². The average Bonchev–Trinajstić information content (AvgIpc) is 2.97. The minimum Gasteiger partial charge on any atom is -0.388 e. The molecule has 6 heteroatoms. The van der Waals surface area contributed by atoms with Crippen LogP contribution in [0.1, 0.15) is 47.1 Å². The number of aryl methyl sites for hydroxylation is 1. The zero-order valence-corrected chi connectivity index (χ0v) is 14.2. The molecule has 126 valence electrons. The van der Waals surface area contributed by atoms with Crippen LogP contribution in [0.3, 0.4) is 0 Å². The third kappa shape index (κ3) is 3.32. The quantitative estimate of drug-likeness (QED) is 0.928. The van der Waals surface area contributed by atoms with Crippen LogP contribution in [-0.2, 0) is 20.2 Å². The Kier molecular flexibility index (Phi) is 4.93. The zero-order chi connectivity index (χ0) is 17.1. The van der Waals surface area contributed by atoms with Gasteiger partial charge in [-0.2, -0.15) is 5.26 Å². The van der Waals surface area contributed by atoms with Gasteiger partial charge in [0.2, 0.25) is 0 Å². The second-order valence-electron chi connectivity index (χ2n) is 6.53. The summed E-state index contributed by atoms with van der Waals surface area (Å²) in [6.45, 7) is 4.70. The number of benzene rings is 1. The first-order valence-electron chi connectivity index (χ1n) is 8.33. The Balaban J connectivity index is 1.72.